The van der Waals surface area contributed by atoms with Gasteiger partial charge in [0.25, 0.3) is 0 Å². The molecule has 0 fully saturated rings. The number of aryl methyl sites for hydroxylation is 3. The molecule has 0 spiro atoms. The van der Waals surface area contributed by atoms with Gasteiger partial charge in [0.1, 0.15) is 17.8 Å². The van der Waals surface area contributed by atoms with Crippen molar-refractivity contribution in [1.29, 1.82) is 0 Å². The van der Waals surface area contributed by atoms with Gasteiger partial charge in [-0.3, -0.25) is 9.13 Å². The van der Waals surface area contributed by atoms with Gasteiger partial charge in [0.15, 0.2) is 0 Å². The summed E-state index contributed by atoms with van der Waals surface area (Å²) in [5.41, 5.74) is 26.9. The van der Waals surface area contributed by atoms with Crippen molar-refractivity contribution in [3.05, 3.63) is 313 Å². The van der Waals surface area contributed by atoms with Crippen LogP contribution in [-0.2, 0) is 0 Å². The molecule has 0 saturated carbocycles. The van der Waals surface area contributed by atoms with Crippen LogP contribution in [0.15, 0.2) is 291 Å². The molecule has 0 radical (unpaired) electrons. The van der Waals surface area contributed by atoms with Gasteiger partial charge in [-0.25, -0.2) is 9.97 Å². The van der Waals surface area contributed by atoms with E-state index in [2.05, 4.69) is 336 Å². The highest BCUT2D eigenvalue weighted by Gasteiger charge is 2.31. The van der Waals surface area contributed by atoms with Gasteiger partial charge in [-0.1, -0.05) is 170 Å². The van der Waals surface area contributed by atoms with E-state index in [1.807, 2.05) is 0 Å². The zero-order chi connectivity index (χ0) is 57.0. The largest absolute Gasteiger partial charge is 0.359 e. The zero-order valence-corrected chi connectivity index (χ0v) is 47.5. The van der Waals surface area contributed by atoms with E-state index in [9.17, 15) is 0 Å². The molecule has 0 amide bonds. The molecular formula is C78H59N7. The molecule has 0 aliphatic carbocycles. The molecule has 0 saturated heterocycles. The number of anilines is 6. The number of fused-ring (bicyclic) bond motifs is 3. The first-order chi connectivity index (χ1) is 41.9. The summed E-state index contributed by atoms with van der Waals surface area (Å²) in [7, 11) is 0. The number of benzene rings is 12. The lowest BCUT2D eigenvalue weighted by atomic mass is 9.96. The van der Waals surface area contributed by atoms with E-state index in [0.29, 0.717) is 0 Å². The molecule has 1 atom stereocenters. The zero-order valence-electron chi connectivity index (χ0n) is 47.5. The number of hydrogen-bond donors (Lipinski definition) is 1. The minimum Gasteiger partial charge on any atom is -0.359 e. The van der Waals surface area contributed by atoms with Gasteiger partial charge in [0.2, 0.25) is 0 Å². The van der Waals surface area contributed by atoms with Gasteiger partial charge in [-0.15, -0.1) is 0 Å². The van der Waals surface area contributed by atoms with E-state index in [0.717, 1.165) is 101 Å². The molecule has 1 N–H and O–H groups in total. The predicted octanol–water partition coefficient (Wildman–Crippen LogP) is 20.4. The molecule has 3 heterocycles. The van der Waals surface area contributed by atoms with Crippen molar-refractivity contribution in [2.24, 2.45) is 0 Å². The molecule has 12 aromatic carbocycles. The van der Waals surface area contributed by atoms with Crippen molar-refractivity contribution in [2.45, 2.75) is 26.9 Å². The van der Waals surface area contributed by atoms with Crippen LogP contribution >= 0.6 is 0 Å². The monoisotopic (exact) mass is 1090 g/mol. The highest BCUT2D eigenvalue weighted by molar-refractivity contribution is 5.88. The highest BCUT2D eigenvalue weighted by Crippen LogP contribution is 2.47. The highest BCUT2D eigenvalue weighted by atomic mass is 15.3. The Hall–Kier alpha value is -11.0. The second-order valence-corrected chi connectivity index (χ2v) is 22.1. The molecular weight excluding hydrogens is 1030 g/mol. The van der Waals surface area contributed by atoms with Gasteiger partial charge >= 0.3 is 0 Å². The Morgan fingerprint density at radius 3 is 1.16 bits per heavy atom. The Morgan fingerprint density at radius 2 is 0.718 bits per heavy atom. The predicted molar refractivity (Wildman–Crippen MR) is 353 cm³/mol. The lowest BCUT2D eigenvalue weighted by Gasteiger charge is -2.28. The van der Waals surface area contributed by atoms with Crippen molar-refractivity contribution in [1.82, 2.24) is 19.1 Å². The second-order valence-electron chi connectivity index (χ2n) is 22.1. The summed E-state index contributed by atoms with van der Waals surface area (Å²) < 4.78 is 4.53. The van der Waals surface area contributed by atoms with Gasteiger partial charge in [0, 0.05) is 45.3 Å². The van der Waals surface area contributed by atoms with Crippen LogP contribution in [0, 0.1) is 20.8 Å². The molecule has 406 valence electrons. The summed E-state index contributed by atoms with van der Waals surface area (Å²) in [6.45, 7) is 6.63. The number of para-hydroxylation sites is 9. The summed E-state index contributed by atoms with van der Waals surface area (Å²) in [5.74, 6) is 1.85. The normalized spacial score (nSPS) is 12.8. The smallest absolute Gasteiger partial charge is 0.145 e. The third-order valence-corrected chi connectivity index (χ3v) is 16.7. The van der Waals surface area contributed by atoms with Gasteiger partial charge in [-0.05, 0) is 198 Å². The Morgan fingerprint density at radius 1 is 0.341 bits per heavy atom. The van der Waals surface area contributed by atoms with E-state index >= 15 is 0 Å². The number of imidazole rings is 2. The SMILES string of the molecule is Cc1cc(-c2nc3ccccc3n2-c2ccccc2)ccc1-c1ccc(N(c2ccc(-c3ccc(-c4nc5ccccc5n4-c4ccccc4)cc3C)cc2)c2ccc(-c3ccc(C4Nc5ccccc5N4c4ccccc4)cc3C)cc2)cc1. The van der Waals surface area contributed by atoms with E-state index in [-0.39, 0.29) is 6.17 Å². The average Bonchev–Trinajstić information content (AvgIpc) is 2.91. The fraction of sp³-hybridized carbons (Fsp3) is 0.0513. The standard InChI is InChI=1S/C78H59N7/c1-52-49-58(76-79-70-25-13-16-28-73(70)83(76)61-19-7-4-8-20-61)37-46-67(52)55-31-40-64(41-32-55)82(65-42-33-56(34-43-65)68-47-38-59(50-53(68)2)77-80-71-26-14-17-29-74(71)84(77)62-21-9-5-10-22-62)66-44-35-57(36-45-66)69-48-39-60(51-54(69)3)78-81-72-27-15-18-30-75(72)85(78)63-23-11-6-12-24-63/h4-51,76,79H,1-3H3. The summed E-state index contributed by atoms with van der Waals surface area (Å²) >= 11 is 0. The van der Waals surface area contributed by atoms with Gasteiger partial charge in [0.05, 0.1) is 33.4 Å². The molecule has 15 rings (SSSR count). The molecule has 1 aliphatic rings. The minimum atomic E-state index is -0.0414. The van der Waals surface area contributed by atoms with Crippen LogP contribution < -0.4 is 15.1 Å². The first kappa shape index (κ1) is 50.9. The first-order valence-electron chi connectivity index (χ1n) is 29.1. The Balaban J connectivity index is 0.760. The molecule has 1 unspecified atom stereocenters. The number of nitrogens with zero attached hydrogens (tertiary/aromatic N) is 6. The molecule has 7 heteroatoms. The van der Waals surface area contributed by atoms with E-state index in [1.54, 1.807) is 0 Å². The second kappa shape index (κ2) is 21.4. The van der Waals surface area contributed by atoms with Crippen molar-refractivity contribution in [2.75, 3.05) is 15.1 Å². The van der Waals surface area contributed by atoms with Crippen LogP contribution in [0.3, 0.4) is 0 Å². The Labute approximate surface area is 495 Å². The third-order valence-electron chi connectivity index (χ3n) is 16.7. The van der Waals surface area contributed by atoms with E-state index < -0.39 is 0 Å². The maximum absolute atomic E-state index is 5.17. The van der Waals surface area contributed by atoms with Crippen molar-refractivity contribution in [3.63, 3.8) is 0 Å². The summed E-state index contributed by atoms with van der Waals surface area (Å²) in [5, 5.41) is 3.82. The maximum atomic E-state index is 5.17. The molecule has 85 heavy (non-hydrogen) atoms. The van der Waals surface area contributed by atoms with Gasteiger partial charge in [-0.2, -0.15) is 0 Å². The Bertz CT molecular complexity index is 4550. The van der Waals surface area contributed by atoms with Crippen LogP contribution in [0.25, 0.3) is 89.6 Å². The summed E-state index contributed by atoms with van der Waals surface area (Å²) in [4.78, 5) is 15.1. The summed E-state index contributed by atoms with van der Waals surface area (Å²) in [6, 6.07) is 104. The number of hydrogen-bond acceptors (Lipinski definition) is 5. The van der Waals surface area contributed by atoms with E-state index in [4.69, 9.17) is 9.97 Å². The number of aromatic nitrogens is 4. The Kier molecular flexibility index (Phi) is 12.8. The van der Waals surface area contributed by atoms with Crippen molar-refractivity contribution < 1.29 is 0 Å². The average molecular weight is 1090 g/mol. The third kappa shape index (κ3) is 9.29. The van der Waals surface area contributed by atoms with E-state index in [1.165, 1.54) is 44.6 Å². The molecule has 7 nitrogen and oxygen atoms in total. The minimum absolute atomic E-state index is 0.0414. The van der Waals surface area contributed by atoms with Crippen molar-refractivity contribution in [3.8, 4) is 67.5 Å². The molecule has 1 aliphatic heterocycles. The van der Waals surface area contributed by atoms with Crippen LogP contribution in [0.5, 0.6) is 0 Å². The van der Waals surface area contributed by atoms with Crippen LogP contribution in [0.4, 0.5) is 34.1 Å². The van der Waals surface area contributed by atoms with Crippen molar-refractivity contribution >= 4 is 56.2 Å². The van der Waals surface area contributed by atoms with Crippen LogP contribution in [0.2, 0.25) is 0 Å². The topological polar surface area (TPSA) is 54.2 Å². The quantitative estimate of drug-likeness (QED) is 0.132. The molecule has 2 aromatic heterocycles. The fourth-order valence-electron chi connectivity index (χ4n) is 12.6. The number of rotatable bonds is 12. The fourth-order valence-corrected chi connectivity index (χ4v) is 12.6. The van der Waals surface area contributed by atoms with Crippen LogP contribution in [0.1, 0.15) is 28.4 Å². The lowest BCUT2D eigenvalue weighted by Crippen LogP contribution is -2.23. The first-order valence-corrected chi connectivity index (χ1v) is 29.1. The summed E-state index contributed by atoms with van der Waals surface area (Å²) in [6.07, 6.45) is -0.0414. The number of nitrogens with one attached hydrogen (secondary N) is 1. The van der Waals surface area contributed by atoms with Crippen LogP contribution in [-0.4, -0.2) is 19.1 Å². The maximum Gasteiger partial charge on any atom is 0.145 e. The van der Waals surface area contributed by atoms with Gasteiger partial charge < -0.3 is 15.1 Å². The molecule has 0 bridgehead atoms. The lowest BCUT2D eigenvalue weighted by molar-refractivity contribution is 0.827. The molecule has 14 aromatic rings.